The molecule has 0 unspecified atom stereocenters. The van der Waals surface area contributed by atoms with Crippen LogP contribution in [0.2, 0.25) is 0 Å². The Labute approximate surface area is 181 Å². The minimum atomic E-state index is -0.165. The highest BCUT2D eigenvalue weighted by atomic mass is 16.6. The molecule has 0 saturated carbocycles. The Morgan fingerprint density at radius 3 is 2.52 bits per heavy atom. The van der Waals surface area contributed by atoms with Gasteiger partial charge in [0.05, 0.1) is 5.56 Å². The van der Waals surface area contributed by atoms with Crippen LogP contribution in [-0.2, 0) is 6.54 Å². The first-order valence-electron chi connectivity index (χ1n) is 10.2. The molecule has 4 rings (SSSR count). The van der Waals surface area contributed by atoms with Gasteiger partial charge in [0, 0.05) is 42.3 Å². The number of aromatic nitrogens is 1. The first-order chi connectivity index (χ1) is 15.0. The van der Waals surface area contributed by atoms with Gasteiger partial charge in [0.2, 0.25) is 0 Å². The lowest BCUT2D eigenvalue weighted by Gasteiger charge is -2.20. The van der Waals surface area contributed by atoms with Crippen molar-refractivity contribution in [2.45, 2.75) is 20.4 Å². The van der Waals surface area contributed by atoms with Crippen LogP contribution >= 0.6 is 0 Å². The fourth-order valence-corrected chi connectivity index (χ4v) is 3.81. The molecule has 0 spiro atoms. The third-order valence-electron chi connectivity index (χ3n) is 5.33. The van der Waals surface area contributed by atoms with Crippen LogP contribution in [0.1, 0.15) is 37.7 Å². The molecule has 1 aliphatic heterocycles. The van der Waals surface area contributed by atoms with Gasteiger partial charge < -0.3 is 24.7 Å². The molecule has 2 amide bonds. The normalized spacial score (nSPS) is 12.4. The van der Waals surface area contributed by atoms with Crippen molar-refractivity contribution >= 4 is 11.8 Å². The zero-order valence-electron chi connectivity index (χ0n) is 17.8. The number of benzene rings is 2. The molecule has 2 heterocycles. The highest BCUT2D eigenvalue weighted by Gasteiger charge is 2.19. The summed E-state index contributed by atoms with van der Waals surface area (Å²) in [6.07, 6.45) is 0. The number of nitrogens with one attached hydrogen (secondary N) is 2. The molecule has 2 N–H and O–H groups in total. The summed E-state index contributed by atoms with van der Waals surface area (Å²) in [5, 5.41) is 5.56. The Morgan fingerprint density at radius 2 is 1.74 bits per heavy atom. The van der Waals surface area contributed by atoms with Crippen LogP contribution in [-0.4, -0.2) is 36.6 Å². The summed E-state index contributed by atoms with van der Waals surface area (Å²) in [6.45, 7) is 5.29. The molecule has 0 saturated heterocycles. The standard InChI is InChI=1S/C24H25N3O4/c1-15-11-20(24(29)26-14-17-5-4-6-18(12-17)23(28)25-3)16(2)27(15)19-7-8-21-22(13-19)31-10-9-30-21/h4-8,11-13H,9-10,14H2,1-3H3,(H,25,28)(H,26,29). The number of fused-ring (bicyclic) bond motifs is 1. The molecule has 31 heavy (non-hydrogen) atoms. The second-order valence-electron chi connectivity index (χ2n) is 7.41. The summed E-state index contributed by atoms with van der Waals surface area (Å²) in [4.78, 5) is 24.7. The van der Waals surface area contributed by atoms with Crippen molar-refractivity contribution in [1.82, 2.24) is 15.2 Å². The lowest BCUT2D eigenvalue weighted by atomic mass is 10.1. The Hall–Kier alpha value is -3.74. The number of rotatable bonds is 5. The van der Waals surface area contributed by atoms with Crippen molar-refractivity contribution in [1.29, 1.82) is 0 Å². The third kappa shape index (κ3) is 4.12. The maximum Gasteiger partial charge on any atom is 0.253 e. The second kappa shape index (κ2) is 8.55. The van der Waals surface area contributed by atoms with E-state index in [0.29, 0.717) is 36.6 Å². The van der Waals surface area contributed by atoms with Gasteiger partial charge in [0.25, 0.3) is 11.8 Å². The van der Waals surface area contributed by atoms with Gasteiger partial charge in [0.15, 0.2) is 11.5 Å². The molecule has 7 heteroatoms. The fourth-order valence-electron chi connectivity index (χ4n) is 3.81. The summed E-state index contributed by atoms with van der Waals surface area (Å²) in [7, 11) is 1.59. The number of carbonyl (C=O) groups excluding carboxylic acids is 2. The monoisotopic (exact) mass is 419 g/mol. The molecule has 160 valence electrons. The molecular formula is C24H25N3O4. The van der Waals surface area contributed by atoms with Crippen LogP contribution in [0.25, 0.3) is 5.69 Å². The zero-order chi connectivity index (χ0) is 22.0. The van der Waals surface area contributed by atoms with E-state index in [1.807, 2.05) is 48.7 Å². The van der Waals surface area contributed by atoms with Gasteiger partial charge in [-0.05, 0) is 49.7 Å². The van der Waals surface area contributed by atoms with Crippen LogP contribution in [0.15, 0.2) is 48.5 Å². The lowest BCUT2D eigenvalue weighted by molar-refractivity contribution is 0.0948. The van der Waals surface area contributed by atoms with E-state index in [9.17, 15) is 9.59 Å². The molecule has 3 aromatic rings. The average Bonchev–Trinajstić information content (AvgIpc) is 3.10. The smallest absolute Gasteiger partial charge is 0.253 e. The van der Waals surface area contributed by atoms with E-state index in [1.54, 1.807) is 25.2 Å². The van der Waals surface area contributed by atoms with Crippen molar-refractivity contribution in [3.05, 3.63) is 76.6 Å². The van der Waals surface area contributed by atoms with Gasteiger partial charge in [0.1, 0.15) is 13.2 Å². The van der Waals surface area contributed by atoms with Crippen LogP contribution in [0, 0.1) is 13.8 Å². The van der Waals surface area contributed by atoms with E-state index in [0.717, 1.165) is 28.4 Å². The van der Waals surface area contributed by atoms with Gasteiger partial charge in [-0.1, -0.05) is 12.1 Å². The zero-order valence-corrected chi connectivity index (χ0v) is 17.8. The number of hydrogen-bond donors (Lipinski definition) is 2. The number of amides is 2. The van der Waals surface area contributed by atoms with E-state index in [2.05, 4.69) is 10.6 Å². The Bertz CT molecular complexity index is 1150. The quantitative estimate of drug-likeness (QED) is 0.666. The van der Waals surface area contributed by atoms with Gasteiger partial charge in [-0.2, -0.15) is 0 Å². The highest BCUT2D eigenvalue weighted by molar-refractivity contribution is 5.96. The van der Waals surface area contributed by atoms with Crippen LogP contribution < -0.4 is 20.1 Å². The van der Waals surface area contributed by atoms with E-state index in [-0.39, 0.29) is 11.8 Å². The first kappa shape index (κ1) is 20.5. The Kier molecular flexibility index (Phi) is 5.66. The lowest BCUT2D eigenvalue weighted by Crippen LogP contribution is -2.24. The van der Waals surface area contributed by atoms with Crippen molar-refractivity contribution < 1.29 is 19.1 Å². The summed E-state index contributed by atoms with van der Waals surface area (Å²) < 4.78 is 13.3. The van der Waals surface area contributed by atoms with Crippen molar-refractivity contribution in [2.24, 2.45) is 0 Å². The van der Waals surface area contributed by atoms with Gasteiger partial charge in [-0.25, -0.2) is 0 Å². The SMILES string of the molecule is CNC(=O)c1cccc(CNC(=O)c2cc(C)n(-c3ccc4c(c3)OCCO4)c2C)c1. The Balaban J connectivity index is 1.53. The summed E-state index contributed by atoms with van der Waals surface area (Å²) >= 11 is 0. The molecule has 0 atom stereocenters. The van der Waals surface area contributed by atoms with Crippen molar-refractivity contribution in [3.63, 3.8) is 0 Å². The van der Waals surface area contributed by atoms with Crippen LogP contribution in [0.5, 0.6) is 11.5 Å². The molecule has 1 aromatic heterocycles. The van der Waals surface area contributed by atoms with Crippen LogP contribution in [0.4, 0.5) is 0 Å². The van der Waals surface area contributed by atoms with Gasteiger partial charge >= 0.3 is 0 Å². The van der Waals surface area contributed by atoms with Gasteiger partial charge in [-0.15, -0.1) is 0 Å². The maximum absolute atomic E-state index is 12.9. The highest BCUT2D eigenvalue weighted by Crippen LogP contribution is 2.33. The molecular weight excluding hydrogens is 394 g/mol. The van der Waals surface area contributed by atoms with Gasteiger partial charge in [-0.3, -0.25) is 9.59 Å². The van der Waals surface area contributed by atoms with E-state index in [4.69, 9.17) is 9.47 Å². The van der Waals surface area contributed by atoms with Crippen molar-refractivity contribution in [2.75, 3.05) is 20.3 Å². The first-order valence-corrected chi connectivity index (χ1v) is 10.2. The topological polar surface area (TPSA) is 81.6 Å². The maximum atomic E-state index is 12.9. The number of hydrogen-bond acceptors (Lipinski definition) is 4. The van der Waals surface area contributed by atoms with Crippen LogP contribution in [0.3, 0.4) is 0 Å². The van der Waals surface area contributed by atoms with E-state index >= 15 is 0 Å². The molecule has 0 fully saturated rings. The summed E-state index contributed by atoms with van der Waals surface area (Å²) in [5.41, 5.74) is 4.72. The molecule has 1 aliphatic rings. The number of carbonyl (C=O) groups is 2. The minimum absolute atomic E-state index is 0.156. The predicted octanol–water partition coefficient (Wildman–Crippen LogP) is 3.15. The average molecular weight is 419 g/mol. The fraction of sp³-hybridized carbons (Fsp3) is 0.250. The number of ether oxygens (including phenoxy) is 2. The number of nitrogens with zero attached hydrogens (tertiary/aromatic N) is 1. The third-order valence-corrected chi connectivity index (χ3v) is 5.33. The minimum Gasteiger partial charge on any atom is -0.486 e. The molecule has 0 aliphatic carbocycles. The molecule has 7 nitrogen and oxygen atoms in total. The van der Waals surface area contributed by atoms with Crippen molar-refractivity contribution in [3.8, 4) is 17.2 Å². The van der Waals surface area contributed by atoms with E-state index in [1.165, 1.54) is 0 Å². The summed E-state index contributed by atoms with van der Waals surface area (Å²) in [5.74, 6) is 1.12. The predicted molar refractivity (Wildman–Crippen MR) is 117 cm³/mol. The molecule has 2 aromatic carbocycles. The van der Waals surface area contributed by atoms with E-state index < -0.39 is 0 Å². The second-order valence-corrected chi connectivity index (χ2v) is 7.41. The largest absolute Gasteiger partial charge is 0.486 e. The number of aryl methyl sites for hydroxylation is 1. The molecule has 0 bridgehead atoms. The molecule has 0 radical (unpaired) electrons. The Morgan fingerprint density at radius 1 is 0.968 bits per heavy atom. The summed E-state index contributed by atoms with van der Waals surface area (Å²) in [6, 6.07) is 14.9.